The third-order valence-corrected chi connectivity index (χ3v) is 2.61. The van der Waals surface area contributed by atoms with E-state index in [9.17, 15) is 13.2 Å². The molecule has 2 aromatic rings. The summed E-state index contributed by atoms with van der Waals surface area (Å²) in [5.41, 5.74) is -0.793. The fraction of sp³-hybridized carbons (Fsp3) is 0.200. The topological polar surface area (TPSA) is 30.7 Å². The van der Waals surface area contributed by atoms with Crippen molar-refractivity contribution in [3.8, 4) is 5.69 Å². The maximum atomic E-state index is 12.8. The third kappa shape index (κ3) is 2.49. The van der Waals surface area contributed by atoms with Gasteiger partial charge in [-0.15, -0.1) is 0 Å². The fourth-order valence-corrected chi connectivity index (χ4v) is 1.76. The molecular formula is C10H7BrF3N3. The molecule has 0 saturated heterocycles. The molecule has 90 valence electrons. The van der Waals surface area contributed by atoms with E-state index in [1.54, 1.807) is 6.92 Å². The number of rotatable bonds is 1. The van der Waals surface area contributed by atoms with Crippen LogP contribution in [-0.4, -0.2) is 14.8 Å². The Morgan fingerprint density at radius 2 is 2.00 bits per heavy atom. The number of alkyl halides is 3. The molecule has 1 aromatic carbocycles. The Balaban J connectivity index is 2.61. The van der Waals surface area contributed by atoms with E-state index in [1.165, 1.54) is 18.5 Å². The average molecular weight is 306 g/mol. The van der Waals surface area contributed by atoms with Crippen LogP contribution >= 0.6 is 15.9 Å². The Bertz CT molecular complexity index is 548. The lowest BCUT2D eigenvalue weighted by Gasteiger charge is -2.12. The molecule has 0 saturated carbocycles. The molecule has 1 heterocycles. The fourth-order valence-electron chi connectivity index (χ4n) is 1.40. The molecule has 0 spiro atoms. The molecule has 0 amide bonds. The Morgan fingerprint density at radius 3 is 2.53 bits per heavy atom. The number of nitrogens with zero attached hydrogens (tertiary/aromatic N) is 3. The molecule has 0 atom stereocenters. The molecule has 7 heteroatoms. The summed E-state index contributed by atoms with van der Waals surface area (Å²) in [4.78, 5) is 3.81. The summed E-state index contributed by atoms with van der Waals surface area (Å²) in [5.74, 6) is 0.418. The zero-order valence-electron chi connectivity index (χ0n) is 8.66. The Morgan fingerprint density at radius 1 is 1.29 bits per heavy atom. The van der Waals surface area contributed by atoms with Crippen LogP contribution in [0, 0.1) is 6.92 Å². The number of hydrogen-bond donors (Lipinski definition) is 0. The number of halogens is 4. The molecule has 2 rings (SSSR count). The van der Waals surface area contributed by atoms with Crippen molar-refractivity contribution in [1.29, 1.82) is 0 Å². The van der Waals surface area contributed by atoms with Crippen molar-refractivity contribution in [2.75, 3.05) is 0 Å². The quantitative estimate of drug-likeness (QED) is 0.809. The highest BCUT2D eigenvalue weighted by Gasteiger charge is 2.34. The molecule has 0 radical (unpaired) electrons. The van der Waals surface area contributed by atoms with Gasteiger partial charge in [0.15, 0.2) is 0 Å². The Hall–Kier alpha value is -1.37. The monoisotopic (exact) mass is 305 g/mol. The lowest BCUT2D eigenvalue weighted by Crippen LogP contribution is -2.11. The predicted octanol–water partition coefficient (Wildman–Crippen LogP) is 3.36. The number of aryl methyl sites for hydroxylation is 1. The highest BCUT2D eigenvalue weighted by molar-refractivity contribution is 9.10. The lowest BCUT2D eigenvalue weighted by molar-refractivity contribution is -0.137. The Kier molecular flexibility index (Phi) is 2.94. The summed E-state index contributed by atoms with van der Waals surface area (Å²) < 4.78 is 40.0. The third-order valence-electron chi connectivity index (χ3n) is 2.12. The minimum atomic E-state index is -4.43. The molecular weight excluding hydrogens is 299 g/mol. The molecule has 0 bridgehead atoms. The van der Waals surface area contributed by atoms with Crippen molar-refractivity contribution >= 4 is 15.9 Å². The Labute approximate surface area is 103 Å². The minimum Gasteiger partial charge on any atom is -0.220 e. The molecule has 0 fully saturated rings. The van der Waals surface area contributed by atoms with Crippen LogP contribution < -0.4 is 0 Å². The van der Waals surface area contributed by atoms with E-state index in [0.717, 1.165) is 10.7 Å². The zero-order chi connectivity index (χ0) is 12.6. The first-order valence-electron chi connectivity index (χ1n) is 4.63. The highest BCUT2D eigenvalue weighted by atomic mass is 79.9. The van der Waals surface area contributed by atoms with Crippen molar-refractivity contribution < 1.29 is 13.2 Å². The van der Waals surface area contributed by atoms with Gasteiger partial charge in [0.1, 0.15) is 12.2 Å². The van der Waals surface area contributed by atoms with E-state index in [-0.39, 0.29) is 5.69 Å². The predicted molar refractivity (Wildman–Crippen MR) is 58.8 cm³/mol. The number of hydrogen-bond acceptors (Lipinski definition) is 2. The standard InChI is InChI=1S/C10H7BrF3N3/c1-6-15-5-17(16-6)9-3-2-7(11)4-8(9)10(12,13)14/h2-5H,1H3. The molecule has 0 unspecified atom stereocenters. The molecule has 3 nitrogen and oxygen atoms in total. The van der Waals surface area contributed by atoms with Crippen LogP contribution in [0.2, 0.25) is 0 Å². The van der Waals surface area contributed by atoms with Crippen molar-refractivity contribution in [1.82, 2.24) is 14.8 Å². The summed E-state index contributed by atoms with van der Waals surface area (Å²) in [6, 6.07) is 3.90. The minimum absolute atomic E-state index is 0.0405. The normalized spacial score (nSPS) is 11.8. The SMILES string of the molecule is Cc1ncn(-c2ccc(Br)cc2C(F)(F)F)n1. The van der Waals surface area contributed by atoms with Crippen molar-refractivity contribution in [2.45, 2.75) is 13.1 Å². The molecule has 17 heavy (non-hydrogen) atoms. The van der Waals surface area contributed by atoms with Crippen LogP contribution in [0.1, 0.15) is 11.4 Å². The van der Waals surface area contributed by atoms with Gasteiger partial charge in [-0.2, -0.15) is 18.3 Å². The van der Waals surface area contributed by atoms with Gasteiger partial charge in [-0.3, -0.25) is 0 Å². The second kappa shape index (κ2) is 4.14. The van der Waals surface area contributed by atoms with Gasteiger partial charge in [-0.05, 0) is 25.1 Å². The number of aromatic nitrogens is 3. The van der Waals surface area contributed by atoms with E-state index < -0.39 is 11.7 Å². The first-order chi connectivity index (χ1) is 7.88. The second-order valence-electron chi connectivity index (χ2n) is 3.40. The van der Waals surface area contributed by atoms with Crippen LogP contribution in [0.5, 0.6) is 0 Å². The average Bonchev–Trinajstić information content (AvgIpc) is 2.63. The molecule has 0 aliphatic rings. The second-order valence-corrected chi connectivity index (χ2v) is 4.31. The maximum Gasteiger partial charge on any atom is 0.418 e. The van der Waals surface area contributed by atoms with Gasteiger partial charge in [0, 0.05) is 4.47 Å². The van der Waals surface area contributed by atoms with Crippen LogP contribution in [0.4, 0.5) is 13.2 Å². The van der Waals surface area contributed by atoms with E-state index >= 15 is 0 Å². The van der Waals surface area contributed by atoms with Gasteiger partial charge >= 0.3 is 6.18 Å². The van der Waals surface area contributed by atoms with Crippen LogP contribution in [-0.2, 0) is 6.18 Å². The highest BCUT2D eigenvalue weighted by Crippen LogP contribution is 2.35. The van der Waals surface area contributed by atoms with Gasteiger partial charge in [-0.25, -0.2) is 9.67 Å². The molecule has 0 aliphatic carbocycles. The van der Waals surface area contributed by atoms with Crippen LogP contribution in [0.3, 0.4) is 0 Å². The maximum absolute atomic E-state index is 12.8. The summed E-state index contributed by atoms with van der Waals surface area (Å²) >= 11 is 3.02. The van der Waals surface area contributed by atoms with Crippen LogP contribution in [0.25, 0.3) is 5.69 Å². The number of benzene rings is 1. The van der Waals surface area contributed by atoms with E-state index in [1.807, 2.05) is 0 Å². The van der Waals surface area contributed by atoms with Gasteiger partial charge in [0.25, 0.3) is 0 Å². The smallest absolute Gasteiger partial charge is 0.220 e. The van der Waals surface area contributed by atoms with Gasteiger partial charge < -0.3 is 0 Å². The van der Waals surface area contributed by atoms with E-state index in [0.29, 0.717) is 10.3 Å². The van der Waals surface area contributed by atoms with Crippen molar-refractivity contribution in [3.05, 3.63) is 40.4 Å². The summed E-state index contributed by atoms with van der Waals surface area (Å²) in [6.45, 7) is 1.61. The summed E-state index contributed by atoms with van der Waals surface area (Å²) in [6.07, 6.45) is -3.17. The van der Waals surface area contributed by atoms with E-state index in [2.05, 4.69) is 26.0 Å². The first-order valence-corrected chi connectivity index (χ1v) is 5.42. The van der Waals surface area contributed by atoms with Crippen LogP contribution in [0.15, 0.2) is 29.0 Å². The lowest BCUT2D eigenvalue weighted by atomic mass is 10.2. The largest absolute Gasteiger partial charge is 0.418 e. The van der Waals surface area contributed by atoms with Gasteiger partial charge in [-0.1, -0.05) is 15.9 Å². The van der Waals surface area contributed by atoms with Gasteiger partial charge in [0.05, 0.1) is 11.3 Å². The summed E-state index contributed by atoms with van der Waals surface area (Å²) in [7, 11) is 0. The molecule has 0 N–H and O–H groups in total. The zero-order valence-corrected chi connectivity index (χ0v) is 10.2. The van der Waals surface area contributed by atoms with Crippen molar-refractivity contribution in [2.24, 2.45) is 0 Å². The van der Waals surface area contributed by atoms with Crippen molar-refractivity contribution in [3.63, 3.8) is 0 Å². The first kappa shape index (κ1) is 12.1. The summed E-state index contributed by atoms with van der Waals surface area (Å²) in [5, 5.41) is 3.88. The molecule has 0 aliphatic heterocycles. The van der Waals surface area contributed by atoms with E-state index in [4.69, 9.17) is 0 Å². The van der Waals surface area contributed by atoms with Gasteiger partial charge in [0.2, 0.25) is 0 Å². The molecule has 1 aromatic heterocycles.